The van der Waals surface area contributed by atoms with Crippen molar-refractivity contribution in [3.8, 4) is 0 Å². The molecular weight excluding hydrogens is 181 g/mol. The predicted molar refractivity (Wildman–Crippen MR) is 51.7 cm³/mol. The second-order valence-electron chi connectivity index (χ2n) is 3.63. The van der Waals surface area contributed by atoms with Gasteiger partial charge in [0.15, 0.2) is 0 Å². The first kappa shape index (κ1) is 9.19. The Morgan fingerprint density at radius 3 is 3.00 bits per heavy atom. The maximum atomic E-state index is 12.9. The molecule has 0 aliphatic carbocycles. The van der Waals surface area contributed by atoms with E-state index in [1.807, 2.05) is 0 Å². The van der Waals surface area contributed by atoms with E-state index in [1.165, 1.54) is 12.1 Å². The molecule has 0 spiro atoms. The van der Waals surface area contributed by atoms with Crippen LogP contribution < -0.4 is 0 Å². The number of carbonyl (C=O) groups is 1. The standard InChI is InChI=1S/C11H12FNO/c1-13-6-2-3-8-7-9(12)4-5-10(8)11(13)14/h4-5,7H,2-3,6H2,1H3. The van der Waals surface area contributed by atoms with Gasteiger partial charge in [-0.1, -0.05) is 0 Å². The fraction of sp³-hybridized carbons (Fsp3) is 0.364. The van der Waals surface area contributed by atoms with Crippen LogP contribution in [0.15, 0.2) is 18.2 Å². The van der Waals surface area contributed by atoms with E-state index in [4.69, 9.17) is 0 Å². The Morgan fingerprint density at radius 1 is 1.43 bits per heavy atom. The summed E-state index contributed by atoms with van der Waals surface area (Å²) in [4.78, 5) is 13.4. The van der Waals surface area contributed by atoms with Gasteiger partial charge in [-0.15, -0.1) is 0 Å². The maximum absolute atomic E-state index is 12.9. The molecule has 74 valence electrons. The van der Waals surface area contributed by atoms with Crippen molar-refractivity contribution in [2.24, 2.45) is 0 Å². The summed E-state index contributed by atoms with van der Waals surface area (Å²) in [6.07, 6.45) is 1.68. The van der Waals surface area contributed by atoms with E-state index in [9.17, 15) is 9.18 Å². The fourth-order valence-corrected chi connectivity index (χ4v) is 1.79. The van der Waals surface area contributed by atoms with Gasteiger partial charge in [-0.05, 0) is 36.6 Å². The van der Waals surface area contributed by atoms with Crippen LogP contribution >= 0.6 is 0 Å². The van der Waals surface area contributed by atoms with E-state index in [1.54, 1.807) is 18.0 Å². The van der Waals surface area contributed by atoms with E-state index in [0.717, 1.165) is 24.9 Å². The van der Waals surface area contributed by atoms with Crippen LogP contribution in [0, 0.1) is 5.82 Å². The highest BCUT2D eigenvalue weighted by atomic mass is 19.1. The monoisotopic (exact) mass is 193 g/mol. The molecule has 0 aromatic heterocycles. The van der Waals surface area contributed by atoms with Crippen LogP contribution in [0.25, 0.3) is 0 Å². The number of hydrogen-bond acceptors (Lipinski definition) is 1. The summed E-state index contributed by atoms with van der Waals surface area (Å²) >= 11 is 0. The average Bonchev–Trinajstić information content (AvgIpc) is 2.28. The quantitative estimate of drug-likeness (QED) is 0.615. The van der Waals surface area contributed by atoms with Crippen molar-refractivity contribution < 1.29 is 9.18 Å². The van der Waals surface area contributed by atoms with Gasteiger partial charge in [0.05, 0.1) is 0 Å². The lowest BCUT2D eigenvalue weighted by molar-refractivity contribution is 0.0800. The second-order valence-corrected chi connectivity index (χ2v) is 3.63. The molecule has 0 radical (unpaired) electrons. The van der Waals surface area contributed by atoms with E-state index in [2.05, 4.69) is 0 Å². The van der Waals surface area contributed by atoms with E-state index < -0.39 is 0 Å². The summed E-state index contributed by atoms with van der Waals surface area (Å²) in [6.45, 7) is 0.745. The maximum Gasteiger partial charge on any atom is 0.253 e. The predicted octanol–water partition coefficient (Wildman–Crippen LogP) is 1.84. The van der Waals surface area contributed by atoms with Crippen LogP contribution in [0.1, 0.15) is 22.3 Å². The lowest BCUT2D eigenvalue weighted by Gasteiger charge is -2.13. The van der Waals surface area contributed by atoms with E-state index >= 15 is 0 Å². The molecule has 1 aromatic rings. The second kappa shape index (κ2) is 3.40. The smallest absolute Gasteiger partial charge is 0.253 e. The molecule has 0 atom stereocenters. The Hall–Kier alpha value is -1.38. The zero-order chi connectivity index (χ0) is 10.1. The van der Waals surface area contributed by atoms with Crippen molar-refractivity contribution in [2.75, 3.05) is 13.6 Å². The molecule has 1 aliphatic rings. The number of benzene rings is 1. The number of halogens is 1. The van der Waals surface area contributed by atoms with Gasteiger partial charge < -0.3 is 4.90 Å². The van der Waals surface area contributed by atoms with Gasteiger partial charge in [-0.25, -0.2) is 4.39 Å². The van der Waals surface area contributed by atoms with Crippen LogP contribution in [0.2, 0.25) is 0 Å². The van der Waals surface area contributed by atoms with E-state index in [-0.39, 0.29) is 11.7 Å². The molecule has 1 heterocycles. The number of fused-ring (bicyclic) bond motifs is 1. The Labute approximate surface area is 82.3 Å². The highest BCUT2D eigenvalue weighted by Gasteiger charge is 2.19. The molecule has 2 nitrogen and oxygen atoms in total. The first-order valence-corrected chi connectivity index (χ1v) is 4.72. The van der Waals surface area contributed by atoms with E-state index in [0.29, 0.717) is 5.56 Å². The van der Waals surface area contributed by atoms with Crippen molar-refractivity contribution in [2.45, 2.75) is 12.8 Å². The highest BCUT2D eigenvalue weighted by molar-refractivity contribution is 5.95. The average molecular weight is 193 g/mol. The lowest BCUT2D eigenvalue weighted by atomic mass is 10.0. The summed E-state index contributed by atoms with van der Waals surface area (Å²) in [5.41, 5.74) is 1.48. The summed E-state index contributed by atoms with van der Waals surface area (Å²) in [7, 11) is 1.78. The lowest BCUT2D eigenvalue weighted by Crippen LogP contribution is -2.26. The molecule has 0 saturated heterocycles. The number of rotatable bonds is 0. The van der Waals surface area contributed by atoms with Gasteiger partial charge in [0.2, 0.25) is 0 Å². The van der Waals surface area contributed by atoms with Crippen molar-refractivity contribution >= 4 is 5.91 Å². The van der Waals surface area contributed by atoms with Gasteiger partial charge in [0, 0.05) is 19.2 Å². The van der Waals surface area contributed by atoms with Gasteiger partial charge in [0.25, 0.3) is 5.91 Å². The molecule has 0 unspecified atom stereocenters. The Kier molecular flexibility index (Phi) is 2.23. The first-order chi connectivity index (χ1) is 6.68. The minimum Gasteiger partial charge on any atom is -0.342 e. The van der Waals surface area contributed by atoms with Crippen LogP contribution in [-0.2, 0) is 6.42 Å². The minimum atomic E-state index is -0.263. The largest absolute Gasteiger partial charge is 0.342 e. The Morgan fingerprint density at radius 2 is 2.21 bits per heavy atom. The third kappa shape index (κ3) is 1.50. The zero-order valence-corrected chi connectivity index (χ0v) is 8.09. The van der Waals surface area contributed by atoms with Crippen molar-refractivity contribution in [1.82, 2.24) is 4.90 Å². The number of hydrogen-bond donors (Lipinski definition) is 0. The van der Waals surface area contributed by atoms with Crippen molar-refractivity contribution in [3.63, 3.8) is 0 Å². The zero-order valence-electron chi connectivity index (χ0n) is 8.09. The fourth-order valence-electron chi connectivity index (χ4n) is 1.79. The molecule has 0 fully saturated rings. The molecule has 2 rings (SSSR count). The molecule has 0 bridgehead atoms. The molecule has 3 heteroatoms. The minimum absolute atomic E-state index is 0.00231. The third-order valence-electron chi connectivity index (χ3n) is 2.58. The molecular formula is C11H12FNO. The third-order valence-corrected chi connectivity index (χ3v) is 2.58. The highest BCUT2D eigenvalue weighted by Crippen LogP contribution is 2.18. The number of aryl methyl sites for hydroxylation is 1. The SMILES string of the molecule is CN1CCCc2cc(F)ccc2C1=O. The molecule has 0 N–H and O–H groups in total. The van der Waals surface area contributed by atoms with Gasteiger partial charge in [-0.3, -0.25) is 4.79 Å². The Balaban J connectivity index is 2.48. The molecule has 14 heavy (non-hydrogen) atoms. The van der Waals surface area contributed by atoms with Gasteiger partial charge in [-0.2, -0.15) is 0 Å². The number of amides is 1. The van der Waals surface area contributed by atoms with Crippen LogP contribution in [0.5, 0.6) is 0 Å². The van der Waals surface area contributed by atoms with Crippen LogP contribution in [0.3, 0.4) is 0 Å². The van der Waals surface area contributed by atoms with Crippen LogP contribution in [0.4, 0.5) is 4.39 Å². The molecule has 0 saturated carbocycles. The summed E-state index contributed by atoms with van der Waals surface area (Å²) in [5.74, 6) is -0.265. The summed E-state index contributed by atoms with van der Waals surface area (Å²) < 4.78 is 12.9. The Bertz CT molecular complexity index is 376. The van der Waals surface area contributed by atoms with Crippen molar-refractivity contribution in [1.29, 1.82) is 0 Å². The molecule has 1 amide bonds. The number of nitrogens with zero attached hydrogens (tertiary/aromatic N) is 1. The molecule has 1 aliphatic heterocycles. The molecule has 1 aromatic carbocycles. The number of carbonyl (C=O) groups excluding carboxylic acids is 1. The van der Waals surface area contributed by atoms with Gasteiger partial charge >= 0.3 is 0 Å². The summed E-state index contributed by atoms with van der Waals surface area (Å²) in [5, 5.41) is 0. The van der Waals surface area contributed by atoms with Crippen molar-refractivity contribution in [3.05, 3.63) is 35.1 Å². The first-order valence-electron chi connectivity index (χ1n) is 4.72. The van der Waals surface area contributed by atoms with Gasteiger partial charge in [0.1, 0.15) is 5.82 Å². The summed E-state index contributed by atoms with van der Waals surface area (Å²) in [6, 6.07) is 4.39. The topological polar surface area (TPSA) is 20.3 Å². The van der Waals surface area contributed by atoms with Crippen LogP contribution in [-0.4, -0.2) is 24.4 Å². The normalized spacial score (nSPS) is 16.4.